The number of rotatable bonds is 2. The fraction of sp³-hybridized carbons (Fsp3) is 0.500. The Kier molecular flexibility index (Phi) is 2.72. The highest BCUT2D eigenvalue weighted by molar-refractivity contribution is 6.33. The van der Waals surface area contributed by atoms with Gasteiger partial charge in [0.25, 0.3) is 0 Å². The maximum Gasteiger partial charge on any atom is 0.0992 e. The largest absolute Gasteiger partial charge is 0.381 e. The van der Waals surface area contributed by atoms with Crippen molar-refractivity contribution in [2.75, 3.05) is 5.32 Å². The van der Waals surface area contributed by atoms with E-state index in [1.165, 1.54) is 25.7 Å². The summed E-state index contributed by atoms with van der Waals surface area (Å²) in [6, 6.07) is 8.16. The monoisotopic (exact) mass is 246 g/mol. The normalized spacial score (nSPS) is 30.2. The average molecular weight is 247 g/mol. The molecule has 0 amide bonds. The Morgan fingerprint density at radius 1 is 1.29 bits per heavy atom. The average Bonchev–Trinajstić information content (AvgIpc) is 2.93. The van der Waals surface area contributed by atoms with Crippen LogP contribution in [-0.4, -0.2) is 6.04 Å². The molecular weight excluding hydrogens is 232 g/mol. The van der Waals surface area contributed by atoms with E-state index < -0.39 is 0 Å². The van der Waals surface area contributed by atoms with Crippen molar-refractivity contribution in [3.8, 4) is 6.07 Å². The zero-order valence-corrected chi connectivity index (χ0v) is 10.4. The molecule has 3 unspecified atom stereocenters. The number of benzene rings is 1. The topological polar surface area (TPSA) is 35.8 Å². The molecule has 0 spiro atoms. The summed E-state index contributed by atoms with van der Waals surface area (Å²) >= 11 is 6.18. The second-order valence-electron chi connectivity index (χ2n) is 5.23. The number of fused-ring (bicyclic) bond motifs is 2. The van der Waals surface area contributed by atoms with Gasteiger partial charge in [0, 0.05) is 6.04 Å². The van der Waals surface area contributed by atoms with Crippen molar-refractivity contribution >= 4 is 17.3 Å². The van der Waals surface area contributed by atoms with E-state index >= 15 is 0 Å². The lowest BCUT2D eigenvalue weighted by molar-refractivity contribution is 0.440. The third kappa shape index (κ3) is 2.00. The van der Waals surface area contributed by atoms with Crippen molar-refractivity contribution in [1.29, 1.82) is 5.26 Å². The van der Waals surface area contributed by atoms with E-state index in [1.807, 2.05) is 12.1 Å². The minimum Gasteiger partial charge on any atom is -0.381 e. The van der Waals surface area contributed by atoms with Crippen LogP contribution in [0.5, 0.6) is 0 Å². The smallest absolute Gasteiger partial charge is 0.0992 e. The van der Waals surface area contributed by atoms with E-state index in [2.05, 4.69) is 11.4 Å². The van der Waals surface area contributed by atoms with Crippen LogP contribution in [0.15, 0.2) is 18.2 Å². The molecule has 1 aromatic rings. The molecule has 2 bridgehead atoms. The molecule has 2 nitrogen and oxygen atoms in total. The van der Waals surface area contributed by atoms with Crippen LogP contribution < -0.4 is 5.32 Å². The SMILES string of the molecule is N#Cc1ccc(NC2CC3CCC2C3)c(Cl)c1. The lowest BCUT2D eigenvalue weighted by Gasteiger charge is -2.24. The maximum atomic E-state index is 8.79. The molecule has 2 aliphatic rings. The summed E-state index contributed by atoms with van der Waals surface area (Å²) < 4.78 is 0. The number of hydrogen-bond acceptors (Lipinski definition) is 2. The van der Waals surface area contributed by atoms with Gasteiger partial charge in [-0.15, -0.1) is 0 Å². The molecule has 1 N–H and O–H groups in total. The van der Waals surface area contributed by atoms with Crippen LogP contribution in [0.3, 0.4) is 0 Å². The minimum atomic E-state index is 0.583. The molecular formula is C14H15ClN2. The van der Waals surface area contributed by atoms with Gasteiger partial charge < -0.3 is 5.32 Å². The molecule has 3 rings (SSSR count). The summed E-state index contributed by atoms with van der Waals surface area (Å²) in [7, 11) is 0. The molecule has 2 fully saturated rings. The summed E-state index contributed by atoms with van der Waals surface area (Å²) in [5, 5.41) is 13.0. The summed E-state index contributed by atoms with van der Waals surface area (Å²) in [6.45, 7) is 0. The predicted octanol–water partition coefficient (Wildman–Crippen LogP) is 3.81. The van der Waals surface area contributed by atoms with Crippen molar-refractivity contribution in [1.82, 2.24) is 0 Å². The van der Waals surface area contributed by atoms with E-state index in [-0.39, 0.29) is 0 Å². The van der Waals surface area contributed by atoms with Gasteiger partial charge in [0.05, 0.1) is 22.3 Å². The molecule has 3 heteroatoms. The highest BCUT2D eigenvalue weighted by Crippen LogP contribution is 2.45. The summed E-state index contributed by atoms with van der Waals surface area (Å²) in [5.74, 6) is 1.75. The van der Waals surface area contributed by atoms with Crippen LogP contribution in [-0.2, 0) is 0 Å². The van der Waals surface area contributed by atoms with E-state index in [9.17, 15) is 0 Å². The lowest BCUT2D eigenvalue weighted by atomic mass is 9.95. The van der Waals surface area contributed by atoms with Crippen molar-refractivity contribution in [3.05, 3.63) is 28.8 Å². The van der Waals surface area contributed by atoms with Gasteiger partial charge in [-0.05, 0) is 49.3 Å². The van der Waals surface area contributed by atoms with Crippen molar-refractivity contribution in [3.63, 3.8) is 0 Å². The van der Waals surface area contributed by atoms with Crippen molar-refractivity contribution in [2.24, 2.45) is 11.8 Å². The molecule has 0 heterocycles. The first-order chi connectivity index (χ1) is 8.26. The van der Waals surface area contributed by atoms with Gasteiger partial charge in [0.15, 0.2) is 0 Å². The van der Waals surface area contributed by atoms with Gasteiger partial charge in [-0.25, -0.2) is 0 Å². The quantitative estimate of drug-likeness (QED) is 0.861. The van der Waals surface area contributed by atoms with Gasteiger partial charge in [0.2, 0.25) is 0 Å². The molecule has 3 atom stereocenters. The molecule has 2 saturated carbocycles. The molecule has 17 heavy (non-hydrogen) atoms. The standard InChI is InChI=1S/C14H15ClN2/c15-12-6-10(8-16)2-4-13(12)17-14-7-9-1-3-11(14)5-9/h2,4,6,9,11,14,17H,1,3,5,7H2. The first kappa shape index (κ1) is 10.9. The van der Waals surface area contributed by atoms with Crippen molar-refractivity contribution in [2.45, 2.75) is 31.7 Å². The molecule has 0 saturated heterocycles. The van der Waals surface area contributed by atoms with Crippen LogP contribution in [0.2, 0.25) is 5.02 Å². The fourth-order valence-electron chi connectivity index (χ4n) is 3.32. The van der Waals surface area contributed by atoms with Crippen LogP contribution in [0.25, 0.3) is 0 Å². The van der Waals surface area contributed by atoms with E-state index in [4.69, 9.17) is 16.9 Å². The van der Waals surface area contributed by atoms with Crippen LogP contribution in [0, 0.1) is 23.2 Å². The zero-order chi connectivity index (χ0) is 11.8. The first-order valence-electron chi connectivity index (χ1n) is 6.22. The molecule has 0 aromatic heterocycles. The molecule has 0 radical (unpaired) electrons. The van der Waals surface area contributed by atoms with Gasteiger partial charge >= 0.3 is 0 Å². The Morgan fingerprint density at radius 3 is 2.76 bits per heavy atom. The van der Waals surface area contributed by atoms with E-state index in [0.717, 1.165) is 17.5 Å². The van der Waals surface area contributed by atoms with E-state index in [0.29, 0.717) is 16.6 Å². The molecule has 2 aliphatic carbocycles. The Bertz CT molecular complexity index is 478. The lowest BCUT2D eigenvalue weighted by Crippen LogP contribution is -2.25. The van der Waals surface area contributed by atoms with Gasteiger partial charge in [0.1, 0.15) is 0 Å². The van der Waals surface area contributed by atoms with Gasteiger partial charge in [-0.2, -0.15) is 5.26 Å². The van der Waals surface area contributed by atoms with E-state index in [1.54, 1.807) is 6.07 Å². The second kappa shape index (κ2) is 4.23. The Labute approximate surface area is 107 Å². The van der Waals surface area contributed by atoms with Crippen LogP contribution >= 0.6 is 11.6 Å². The highest BCUT2D eigenvalue weighted by Gasteiger charge is 2.39. The summed E-state index contributed by atoms with van der Waals surface area (Å²) in [4.78, 5) is 0. The molecule has 0 aliphatic heterocycles. The first-order valence-corrected chi connectivity index (χ1v) is 6.60. The van der Waals surface area contributed by atoms with Crippen LogP contribution in [0.1, 0.15) is 31.2 Å². The number of hydrogen-bond donors (Lipinski definition) is 1. The number of halogens is 1. The number of anilines is 1. The van der Waals surface area contributed by atoms with Crippen molar-refractivity contribution < 1.29 is 0 Å². The Balaban J connectivity index is 1.75. The third-order valence-electron chi connectivity index (χ3n) is 4.18. The number of nitrogens with zero attached hydrogens (tertiary/aromatic N) is 1. The van der Waals surface area contributed by atoms with Gasteiger partial charge in [-0.3, -0.25) is 0 Å². The third-order valence-corrected chi connectivity index (χ3v) is 4.49. The maximum absolute atomic E-state index is 8.79. The Morgan fingerprint density at radius 2 is 2.18 bits per heavy atom. The van der Waals surface area contributed by atoms with Crippen LogP contribution in [0.4, 0.5) is 5.69 Å². The molecule has 1 aromatic carbocycles. The van der Waals surface area contributed by atoms with Gasteiger partial charge in [-0.1, -0.05) is 18.0 Å². The molecule has 88 valence electrons. The Hall–Kier alpha value is -1.20. The zero-order valence-electron chi connectivity index (χ0n) is 9.62. The number of nitriles is 1. The summed E-state index contributed by atoms with van der Waals surface area (Å²) in [5.41, 5.74) is 1.59. The second-order valence-corrected chi connectivity index (χ2v) is 5.64. The number of nitrogens with one attached hydrogen (secondary N) is 1. The summed E-state index contributed by atoms with van der Waals surface area (Å²) in [6.07, 6.45) is 5.42. The fourth-order valence-corrected chi connectivity index (χ4v) is 3.56. The predicted molar refractivity (Wildman–Crippen MR) is 69.0 cm³/mol. The minimum absolute atomic E-state index is 0.583. The highest BCUT2D eigenvalue weighted by atomic mass is 35.5.